The Balaban J connectivity index is 1.27. The Bertz CT molecular complexity index is 2170. The average molecular weight is 606 g/mol. The van der Waals surface area contributed by atoms with E-state index in [1.165, 1.54) is 17.1 Å². The highest BCUT2D eigenvalue weighted by Crippen LogP contribution is 2.39. The van der Waals surface area contributed by atoms with E-state index in [2.05, 4.69) is 15.3 Å². The van der Waals surface area contributed by atoms with Gasteiger partial charge in [0.25, 0.3) is 11.5 Å². The number of nitrogens with zero attached hydrogens (tertiary/aromatic N) is 4. The zero-order chi connectivity index (χ0) is 31.1. The number of hydrogen-bond acceptors (Lipinski definition) is 7. The lowest BCUT2D eigenvalue weighted by Gasteiger charge is -2.19. The smallest absolute Gasteiger partial charge is 0.284 e. The molecule has 0 radical (unpaired) electrons. The Morgan fingerprint density at radius 3 is 2.42 bits per heavy atom. The van der Waals surface area contributed by atoms with E-state index in [4.69, 9.17) is 14.2 Å². The van der Waals surface area contributed by atoms with Gasteiger partial charge in [-0.3, -0.25) is 14.3 Å². The fourth-order valence-electron chi connectivity index (χ4n) is 5.92. The molecule has 7 rings (SSSR count). The minimum atomic E-state index is -0.554. The summed E-state index contributed by atoms with van der Waals surface area (Å²) in [4.78, 5) is 36.2. The second-order valence-electron chi connectivity index (χ2n) is 10.6. The molecule has 0 unspecified atom stereocenters. The predicted molar refractivity (Wildman–Crippen MR) is 168 cm³/mol. The number of carbonyl (C=O) groups is 1. The summed E-state index contributed by atoms with van der Waals surface area (Å²) < 4.78 is 35.0. The number of hydrogen-bond donors (Lipinski definition) is 1. The van der Waals surface area contributed by atoms with Gasteiger partial charge < -0.3 is 19.5 Å². The number of benzene rings is 4. The lowest BCUT2D eigenvalue weighted by atomic mass is 10.0. The van der Waals surface area contributed by atoms with Crippen LogP contribution in [0, 0.1) is 5.82 Å². The molecule has 0 fully saturated rings. The number of nitrogens with one attached hydrogen (secondary N) is 1. The van der Waals surface area contributed by atoms with Crippen LogP contribution in [-0.2, 0) is 13.0 Å². The van der Waals surface area contributed by atoms with Crippen molar-refractivity contribution in [1.82, 2.24) is 19.3 Å². The molecule has 0 bridgehead atoms. The van der Waals surface area contributed by atoms with Gasteiger partial charge in [0, 0.05) is 29.1 Å². The second-order valence-corrected chi connectivity index (χ2v) is 10.6. The number of carbonyl (C=O) groups excluding carboxylic acids is 1. The molecule has 1 aliphatic heterocycles. The molecule has 0 aliphatic carbocycles. The third kappa shape index (κ3) is 4.82. The molecule has 10 nitrogen and oxygen atoms in total. The Morgan fingerprint density at radius 2 is 1.62 bits per heavy atom. The van der Waals surface area contributed by atoms with Gasteiger partial charge in [0.2, 0.25) is 5.88 Å². The molecule has 4 aromatic carbocycles. The van der Waals surface area contributed by atoms with Gasteiger partial charge in [0.15, 0.2) is 11.5 Å². The zero-order valence-electron chi connectivity index (χ0n) is 24.5. The molecule has 1 aliphatic rings. The van der Waals surface area contributed by atoms with Crippen molar-refractivity contribution >= 4 is 33.3 Å². The van der Waals surface area contributed by atoms with Crippen molar-refractivity contribution in [2.45, 2.75) is 25.8 Å². The van der Waals surface area contributed by atoms with Gasteiger partial charge >= 0.3 is 0 Å². The molecule has 0 spiro atoms. The number of anilines is 1. The third-order valence-corrected chi connectivity index (χ3v) is 8.03. The maximum atomic E-state index is 14.8. The maximum absolute atomic E-state index is 14.8. The summed E-state index contributed by atoms with van der Waals surface area (Å²) >= 11 is 0. The minimum Gasteiger partial charge on any atom is -0.493 e. The van der Waals surface area contributed by atoms with Crippen LogP contribution < -0.4 is 25.1 Å². The van der Waals surface area contributed by atoms with E-state index >= 15 is 0 Å². The Kier molecular flexibility index (Phi) is 7.13. The lowest BCUT2D eigenvalue weighted by molar-refractivity contribution is 0.102. The summed E-state index contributed by atoms with van der Waals surface area (Å²) in [6, 6.07) is 20.5. The Morgan fingerprint density at radius 1 is 0.867 bits per heavy atom. The second kappa shape index (κ2) is 11.4. The molecule has 0 atom stereocenters. The van der Waals surface area contributed by atoms with Crippen molar-refractivity contribution in [2.24, 2.45) is 0 Å². The Labute approximate surface area is 256 Å². The molecule has 1 amide bonds. The van der Waals surface area contributed by atoms with Crippen molar-refractivity contribution in [3.05, 3.63) is 107 Å². The van der Waals surface area contributed by atoms with Crippen molar-refractivity contribution in [2.75, 3.05) is 19.5 Å². The van der Waals surface area contributed by atoms with E-state index in [1.807, 2.05) is 24.3 Å². The molecule has 1 N–H and O–H groups in total. The Hall–Kier alpha value is -5.71. The van der Waals surface area contributed by atoms with Crippen LogP contribution in [-0.4, -0.2) is 39.5 Å². The van der Waals surface area contributed by atoms with Crippen LogP contribution >= 0.6 is 0 Å². The number of fused-ring (bicyclic) bond motifs is 3. The maximum Gasteiger partial charge on any atom is 0.284 e. The summed E-state index contributed by atoms with van der Waals surface area (Å²) in [5.41, 5.74) is 1.28. The van der Waals surface area contributed by atoms with Crippen LogP contribution in [0.3, 0.4) is 0 Å². The SMILES string of the molecule is COc1cc2ncnc(Oc3ccc(NC(=O)c4c5n(n(-c6ccccc6F)c4=O)CCCC5)c4ccccc34)c2cc1OC. The molecule has 6 aromatic rings. The largest absolute Gasteiger partial charge is 0.493 e. The first kappa shape index (κ1) is 28.1. The summed E-state index contributed by atoms with van der Waals surface area (Å²) in [5.74, 6) is 0.772. The highest BCUT2D eigenvalue weighted by molar-refractivity contribution is 6.10. The highest BCUT2D eigenvalue weighted by Gasteiger charge is 2.29. The van der Waals surface area contributed by atoms with Crippen LogP contribution in [0.25, 0.3) is 27.4 Å². The predicted octanol–water partition coefficient (Wildman–Crippen LogP) is 6.27. The fourth-order valence-corrected chi connectivity index (χ4v) is 5.92. The van der Waals surface area contributed by atoms with Gasteiger partial charge in [-0.2, -0.15) is 0 Å². The monoisotopic (exact) mass is 605 g/mol. The van der Waals surface area contributed by atoms with Gasteiger partial charge in [-0.25, -0.2) is 19.0 Å². The molecule has 3 heterocycles. The first-order valence-electron chi connectivity index (χ1n) is 14.5. The first-order valence-corrected chi connectivity index (χ1v) is 14.5. The fraction of sp³-hybridized carbons (Fsp3) is 0.176. The van der Waals surface area contributed by atoms with Gasteiger partial charge in [0.05, 0.1) is 30.8 Å². The lowest BCUT2D eigenvalue weighted by Crippen LogP contribution is -2.26. The quantitative estimate of drug-likeness (QED) is 0.228. The first-order chi connectivity index (χ1) is 22.0. The summed E-state index contributed by atoms with van der Waals surface area (Å²) in [7, 11) is 3.10. The van der Waals surface area contributed by atoms with E-state index in [9.17, 15) is 14.0 Å². The molecular formula is C34H28FN5O5. The normalized spacial score (nSPS) is 12.6. The number of methoxy groups -OCH3 is 2. The number of amides is 1. The molecule has 226 valence electrons. The number of ether oxygens (including phenoxy) is 3. The number of rotatable bonds is 7. The number of halogens is 1. The molecule has 0 saturated carbocycles. The van der Waals surface area contributed by atoms with Crippen molar-refractivity contribution in [3.63, 3.8) is 0 Å². The minimum absolute atomic E-state index is 0.0131. The molecule has 0 saturated heterocycles. The van der Waals surface area contributed by atoms with Gasteiger partial charge in [0.1, 0.15) is 29.1 Å². The highest BCUT2D eigenvalue weighted by atomic mass is 19.1. The zero-order valence-corrected chi connectivity index (χ0v) is 24.5. The van der Waals surface area contributed by atoms with Crippen molar-refractivity contribution < 1.29 is 23.4 Å². The van der Waals surface area contributed by atoms with E-state index in [-0.39, 0.29) is 11.3 Å². The summed E-state index contributed by atoms with van der Waals surface area (Å²) in [6.07, 6.45) is 3.60. The standard InChI is InChI=1S/C34H28FN5O5/c1-43-29-17-22-25(18-30(29)44-2)36-19-37-33(22)45-28-15-14-24(20-9-3-4-10-21(20)28)38-32(41)31-27-13-7-8-16-39(27)40(34(31)42)26-12-6-5-11-23(26)35/h3-6,9-12,14-15,17-19H,7-8,13,16H2,1-2H3,(H,38,41). The van der Waals surface area contributed by atoms with Crippen LogP contribution in [0.1, 0.15) is 28.9 Å². The van der Waals surface area contributed by atoms with Crippen LogP contribution in [0.4, 0.5) is 10.1 Å². The van der Waals surface area contributed by atoms with Crippen molar-refractivity contribution in [1.29, 1.82) is 0 Å². The summed E-state index contributed by atoms with van der Waals surface area (Å²) in [6.45, 7) is 0.511. The van der Waals surface area contributed by atoms with Crippen LogP contribution in [0.5, 0.6) is 23.1 Å². The van der Waals surface area contributed by atoms with Crippen LogP contribution in [0.2, 0.25) is 0 Å². The summed E-state index contributed by atoms with van der Waals surface area (Å²) in [5, 5.41) is 4.99. The topological polar surface area (TPSA) is 110 Å². The number of para-hydroxylation sites is 1. The molecule has 11 heteroatoms. The third-order valence-electron chi connectivity index (χ3n) is 8.03. The molecule has 45 heavy (non-hydrogen) atoms. The van der Waals surface area contributed by atoms with E-state index in [0.29, 0.717) is 69.2 Å². The molecule has 2 aromatic heterocycles. The number of aromatic nitrogens is 4. The molecular weight excluding hydrogens is 577 g/mol. The van der Waals surface area contributed by atoms with Gasteiger partial charge in [-0.15, -0.1) is 0 Å². The van der Waals surface area contributed by atoms with Gasteiger partial charge in [-0.05, 0) is 49.6 Å². The van der Waals surface area contributed by atoms with E-state index in [1.54, 1.807) is 61.4 Å². The average Bonchev–Trinajstić information content (AvgIpc) is 3.37. The van der Waals surface area contributed by atoms with E-state index in [0.717, 1.165) is 12.8 Å². The van der Waals surface area contributed by atoms with Crippen molar-refractivity contribution in [3.8, 4) is 28.8 Å². The van der Waals surface area contributed by atoms with E-state index < -0.39 is 17.3 Å². The van der Waals surface area contributed by atoms with Gasteiger partial charge in [-0.1, -0.05) is 36.4 Å². The van der Waals surface area contributed by atoms with Crippen LogP contribution in [0.15, 0.2) is 83.9 Å².